The van der Waals surface area contributed by atoms with Crippen LogP contribution in [0, 0.1) is 0 Å². The zero-order valence-corrected chi connectivity index (χ0v) is 16.9. The number of amides is 1. The average Bonchev–Trinajstić information content (AvgIpc) is 3.39. The van der Waals surface area contributed by atoms with Crippen LogP contribution >= 0.6 is 0 Å². The van der Waals surface area contributed by atoms with E-state index in [2.05, 4.69) is 15.4 Å². The van der Waals surface area contributed by atoms with Gasteiger partial charge in [-0.15, -0.1) is 0 Å². The number of halogens is 2. The summed E-state index contributed by atoms with van der Waals surface area (Å²) in [5.41, 5.74) is 1.74. The summed E-state index contributed by atoms with van der Waals surface area (Å²) < 4.78 is 33.5. The molecule has 1 aromatic carbocycles. The Bertz CT molecular complexity index is 1080. The molecule has 2 aromatic heterocycles. The average molecular weight is 412 g/mol. The molecular formula is C22H22F2N4O2. The van der Waals surface area contributed by atoms with Crippen molar-refractivity contribution in [3.63, 3.8) is 0 Å². The molecule has 0 saturated heterocycles. The van der Waals surface area contributed by atoms with Gasteiger partial charge in [0.05, 0.1) is 18.3 Å². The van der Waals surface area contributed by atoms with Gasteiger partial charge in [-0.3, -0.25) is 14.5 Å². The predicted octanol–water partition coefficient (Wildman–Crippen LogP) is 4.02. The van der Waals surface area contributed by atoms with E-state index >= 15 is 0 Å². The Labute approximate surface area is 172 Å². The van der Waals surface area contributed by atoms with Crippen molar-refractivity contribution in [2.45, 2.75) is 31.2 Å². The number of hydrogen-bond donors (Lipinski definition) is 1. The SMILES string of the molecule is COc1cccc(-c2ccc(C3(NC(=O)c4cc(C(C)(F)F)nn4C)CC3)cn2)c1. The van der Waals surface area contributed by atoms with Crippen LogP contribution in [0.2, 0.25) is 0 Å². The zero-order chi connectivity index (χ0) is 21.5. The van der Waals surface area contributed by atoms with Crippen LogP contribution in [0.15, 0.2) is 48.7 Å². The number of benzene rings is 1. The van der Waals surface area contributed by atoms with Crippen molar-refractivity contribution in [3.8, 4) is 17.0 Å². The Morgan fingerprint density at radius 1 is 1.23 bits per heavy atom. The lowest BCUT2D eigenvalue weighted by Gasteiger charge is -2.18. The van der Waals surface area contributed by atoms with E-state index in [1.807, 2.05) is 36.4 Å². The van der Waals surface area contributed by atoms with Gasteiger partial charge in [-0.1, -0.05) is 18.2 Å². The summed E-state index contributed by atoms with van der Waals surface area (Å²) in [5.74, 6) is -2.79. The van der Waals surface area contributed by atoms with Gasteiger partial charge in [-0.05, 0) is 42.7 Å². The summed E-state index contributed by atoms with van der Waals surface area (Å²) >= 11 is 0. The fourth-order valence-electron chi connectivity index (χ4n) is 3.42. The Balaban J connectivity index is 1.53. The van der Waals surface area contributed by atoms with Crippen molar-refractivity contribution in [1.82, 2.24) is 20.1 Å². The third kappa shape index (κ3) is 3.77. The summed E-state index contributed by atoms with van der Waals surface area (Å²) in [7, 11) is 3.09. The number of hydrogen-bond acceptors (Lipinski definition) is 4. The molecule has 2 heterocycles. The van der Waals surface area contributed by atoms with Gasteiger partial charge in [0.25, 0.3) is 11.8 Å². The van der Waals surface area contributed by atoms with Gasteiger partial charge in [0.15, 0.2) is 0 Å². The standard InChI is InChI=1S/C22H22F2N4O2/c1-21(23,24)19-12-18(28(2)27-19)20(29)26-22(9-10-22)15-7-8-17(25-13-15)14-5-4-6-16(11-14)30-3/h4-8,11-13H,9-10H2,1-3H3,(H,26,29). The minimum Gasteiger partial charge on any atom is -0.497 e. The third-order valence-electron chi connectivity index (χ3n) is 5.35. The van der Waals surface area contributed by atoms with Crippen LogP contribution in [0.4, 0.5) is 8.78 Å². The molecule has 8 heteroatoms. The first kappa shape index (κ1) is 20.0. The molecule has 1 saturated carbocycles. The molecule has 0 atom stereocenters. The largest absolute Gasteiger partial charge is 0.497 e. The number of methoxy groups -OCH3 is 1. The third-order valence-corrected chi connectivity index (χ3v) is 5.35. The minimum atomic E-state index is -3.10. The fourth-order valence-corrected chi connectivity index (χ4v) is 3.42. The zero-order valence-electron chi connectivity index (χ0n) is 16.9. The molecule has 1 amide bonds. The summed E-state index contributed by atoms with van der Waals surface area (Å²) in [4.78, 5) is 17.3. The fraction of sp³-hybridized carbons (Fsp3) is 0.318. The highest BCUT2D eigenvalue weighted by molar-refractivity contribution is 5.93. The summed E-state index contributed by atoms with van der Waals surface area (Å²) in [6.45, 7) is 0.759. The number of carbonyl (C=O) groups is 1. The van der Waals surface area contributed by atoms with Crippen LogP contribution in [0.25, 0.3) is 11.3 Å². The molecule has 0 unspecified atom stereocenters. The van der Waals surface area contributed by atoms with Gasteiger partial charge < -0.3 is 10.1 Å². The lowest BCUT2D eigenvalue weighted by atomic mass is 10.0. The number of alkyl halides is 2. The quantitative estimate of drug-likeness (QED) is 0.664. The maximum absolute atomic E-state index is 13.5. The van der Waals surface area contributed by atoms with E-state index in [1.165, 1.54) is 11.7 Å². The normalized spacial score (nSPS) is 15.0. The van der Waals surface area contributed by atoms with Crippen molar-refractivity contribution in [3.05, 3.63) is 65.6 Å². The van der Waals surface area contributed by atoms with Gasteiger partial charge in [0, 0.05) is 25.7 Å². The van der Waals surface area contributed by atoms with Gasteiger partial charge in [-0.25, -0.2) is 0 Å². The van der Waals surface area contributed by atoms with Gasteiger partial charge in [0.2, 0.25) is 0 Å². The topological polar surface area (TPSA) is 69.0 Å². The summed E-state index contributed by atoms with van der Waals surface area (Å²) in [6, 6.07) is 12.6. The number of aryl methyl sites for hydroxylation is 1. The molecule has 0 radical (unpaired) electrons. The van der Waals surface area contributed by atoms with Crippen molar-refractivity contribution >= 4 is 5.91 Å². The molecule has 3 aromatic rings. The molecule has 1 aliphatic carbocycles. The number of carbonyl (C=O) groups excluding carboxylic acids is 1. The highest BCUT2D eigenvalue weighted by Gasteiger charge is 2.46. The molecule has 1 fully saturated rings. The van der Waals surface area contributed by atoms with Crippen molar-refractivity contribution < 1.29 is 18.3 Å². The Kier molecular flexibility index (Phi) is 4.80. The second kappa shape index (κ2) is 7.19. The van der Waals surface area contributed by atoms with E-state index in [0.717, 1.165) is 48.4 Å². The number of pyridine rings is 1. The Morgan fingerprint density at radius 2 is 2.00 bits per heavy atom. The maximum atomic E-state index is 13.5. The molecule has 0 aliphatic heterocycles. The molecule has 4 rings (SSSR count). The highest BCUT2D eigenvalue weighted by atomic mass is 19.3. The number of rotatable bonds is 6. The number of ether oxygens (including phenoxy) is 1. The lowest BCUT2D eigenvalue weighted by Crippen LogP contribution is -2.36. The van der Waals surface area contributed by atoms with Crippen LogP contribution in [-0.4, -0.2) is 27.8 Å². The van der Waals surface area contributed by atoms with E-state index in [4.69, 9.17) is 4.74 Å². The second-order valence-electron chi connectivity index (χ2n) is 7.63. The molecule has 156 valence electrons. The van der Waals surface area contributed by atoms with Crippen LogP contribution in [0.5, 0.6) is 5.75 Å². The molecular weight excluding hydrogens is 390 g/mol. The van der Waals surface area contributed by atoms with Crippen LogP contribution in [0.3, 0.4) is 0 Å². The number of aromatic nitrogens is 3. The van der Waals surface area contributed by atoms with Crippen molar-refractivity contribution in [1.29, 1.82) is 0 Å². The Hall–Kier alpha value is -3.29. The maximum Gasteiger partial charge on any atom is 0.288 e. The van der Waals surface area contributed by atoms with E-state index < -0.39 is 23.1 Å². The van der Waals surface area contributed by atoms with Crippen LogP contribution in [0.1, 0.15) is 41.5 Å². The van der Waals surface area contributed by atoms with E-state index in [0.29, 0.717) is 0 Å². The molecule has 0 spiro atoms. The molecule has 0 bridgehead atoms. The summed E-state index contributed by atoms with van der Waals surface area (Å²) in [5, 5.41) is 6.75. The molecule has 1 aliphatic rings. The number of nitrogens with one attached hydrogen (secondary N) is 1. The van der Waals surface area contributed by atoms with E-state index in [-0.39, 0.29) is 5.69 Å². The molecule has 30 heavy (non-hydrogen) atoms. The van der Waals surface area contributed by atoms with Gasteiger partial charge in [-0.2, -0.15) is 13.9 Å². The predicted molar refractivity (Wildman–Crippen MR) is 107 cm³/mol. The van der Waals surface area contributed by atoms with Crippen LogP contribution in [-0.2, 0) is 18.5 Å². The smallest absolute Gasteiger partial charge is 0.288 e. The molecule has 1 N–H and O–H groups in total. The minimum absolute atomic E-state index is 0.0961. The first-order valence-electron chi connectivity index (χ1n) is 9.58. The van der Waals surface area contributed by atoms with E-state index in [9.17, 15) is 13.6 Å². The molecule has 6 nitrogen and oxygen atoms in total. The van der Waals surface area contributed by atoms with E-state index in [1.54, 1.807) is 13.3 Å². The first-order chi connectivity index (χ1) is 14.2. The Morgan fingerprint density at radius 3 is 2.57 bits per heavy atom. The monoisotopic (exact) mass is 412 g/mol. The van der Waals surface area contributed by atoms with Crippen molar-refractivity contribution in [2.24, 2.45) is 7.05 Å². The van der Waals surface area contributed by atoms with Crippen LogP contribution < -0.4 is 10.1 Å². The van der Waals surface area contributed by atoms with Gasteiger partial charge in [0.1, 0.15) is 17.1 Å². The second-order valence-corrected chi connectivity index (χ2v) is 7.63. The summed E-state index contributed by atoms with van der Waals surface area (Å²) in [6.07, 6.45) is 3.26. The van der Waals surface area contributed by atoms with Crippen molar-refractivity contribution in [2.75, 3.05) is 7.11 Å². The number of nitrogens with zero attached hydrogens (tertiary/aromatic N) is 3. The highest BCUT2D eigenvalue weighted by Crippen LogP contribution is 2.45. The lowest BCUT2D eigenvalue weighted by molar-refractivity contribution is 0.0122. The van der Waals surface area contributed by atoms with Gasteiger partial charge >= 0.3 is 0 Å². The first-order valence-corrected chi connectivity index (χ1v) is 9.58.